The molecule has 3 aromatic carbocycles. The van der Waals surface area contributed by atoms with Gasteiger partial charge in [0.05, 0.1) is 23.4 Å². The van der Waals surface area contributed by atoms with E-state index in [9.17, 15) is 9.50 Å². The first-order valence-electron chi connectivity index (χ1n) is 12.5. The van der Waals surface area contributed by atoms with Crippen molar-refractivity contribution in [2.24, 2.45) is 0 Å². The Hall–Kier alpha value is -2.64. The number of rotatable bonds is 11. The Morgan fingerprint density at radius 1 is 1.11 bits per heavy atom. The molecule has 1 heterocycles. The molecule has 0 spiro atoms. The summed E-state index contributed by atoms with van der Waals surface area (Å²) in [7, 11) is 0. The number of halogens is 2. The second kappa shape index (κ2) is 13.1. The van der Waals surface area contributed by atoms with Crippen LogP contribution in [-0.2, 0) is 16.0 Å². The minimum absolute atomic E-state index is 0.0933. The molecule has 1 saturated heterocycles. The van der Waals surface area contributed by atoms with E-state index in [0.29, 0.717) is 23.9 Å². The number of hydrogen-bond donors (Lipinski definition) is 2. The third-order valence-electron chi connectivity index (χ3n) is 6.48. The molecule has 1 aliphatic rings. The summed E-state index contributed by atoms with van der Waals surface area (Å²) >= 11 is 6.42. The molecule has 0 aliphatic carbocycles. The second-order valence-electron chi connectivity index (χ2n) is 9.31. The lowest BCUT2D eigenvalue weighted by molar-refractivity contribution is -0.170. The molecule has 3 atom stereocenters. The second-order valence-corrected chi connectivity index (χ2v) is 9.71. The average molecular weight is 513 g/mol. The van der Waals surface area contributed by atoms with Crippen LogP contribution in [0.1, 0.15) is 43.4 Å². The van der Waals surface area contributed by atoms with Crippen molar-refractivity contribution in [2.45, 2.75) is 51.1 Å². The van der Waals surface area contributed by atoms with Crippen molar-refractivity contribution in [1.82, 2.24) is 4.90 Å². The Morgan fingerprint density at radius 2 is 1.89 bits per heavy atom. The standard InChI is InChI=1S/C29H34ClFN2O3/c1-21(20-36-29-9-5-6-16-35-29)33(18-22-7-3-2-4-8-22)19-28(23-10-12-24(31)13-11-23)32-27-15-14-25(34)17-26(27)30/h2-4,7-8,10-15,17,21,28-29,32,34H,5-6,9,16,18-20H2,1H3/t21-,28+,29?/m1/s1. The molecule has 0 amide bonds. The zero-order valence-electron chi connectivity index (χ0n) is 20.6. The highest BCUT2D eigenvalue weighted by atomic mass is 35.5. The van der Waals surface area contributed by atoms with E-state index in [2.05, 4.69) is 29.3 Å². The van der Waals surface area contributed by atoms with Gasteiger partial charge in [0.2, 0.25) is 0 Å². The van der Waals surface area contributed by atoms with Crippen LogP contribution in [0.2, 0.25) is 5.02 Å². The number of phenolic OH excluding ortho intramolecular Hbond substituents is 1. The molecule has 0 saturated carbocycles. The molecular formula is C29H34ClFN2O3. The summed E-state index contributed by atoms with van der Waals surface area (Å²) in [6, 6.07) is 21.6. The summed E-state index contributed by atoms with van der Waals surface area (Å²) in [6.45, 7) is 4.78. The van der Waals surface area contributed by atoms with Gasteiger partial charge in [-0.25, -0.2) is 4.39 Å². The van der Waals surface area contributed by atoms with Crippen LogP contribution in [0, 0.1) is 5.82 Å². The monoisotopic (exact) mass is 512 g/mol. The van der Waals surface area contributed by atoms with Crippen molar-refractivity contribution >= 4 is 17.3 Å². The first-order chi connectivity index (χ1) is 17.5. The fraction of sp³-hybridized carbons (Fsp3) is 0.379. The Kier molecular flexibility index (Phi) is 9.59. The van der Waals surface area contributed by atoms with Crippen molar-refractivity contribution in [3.63, 3.8) is 0 Å². The van der Waals surface area contributed by atoms with Gasteiger partial charge in [-0.1, -0.05) is 54.1 Å². The largest absolute Gasteiger partial charge is 0.508 e. The number of aromatic hydroxyl groups is 1. The van der Waals surface area contributed by atoms with Gasteiger partial charge in [0.25, 0.3) is 0 Å². The maximum atomic E-state index is 13.7. The smallest absolute Gasteiger partial charge is 0.157 e. The zero-order chi connectivity index (χ0) is 25.3. The summed E-state index contributed by atoms with van der Waals surface area (Å²) < 4.78 is 25.6. The zero-order valence-corrected chi connectivity index (χ0v) is 21.3. The molecule has 0 aromatic heterocycles. The van der Waals surface area contributed by atoms with Crippen LogP contribution in [0.3, 0.4) is 0 Å². The molecule has 192 valence electrons. The number of phenols is 1. The highest BCUT2D eigenvalue weighted by Crippen LogP contribution is 2.30. The van der Waals surface area contributed by atoms with Crippen molar-refractivity contribution in [1.29, 1.82) is 0 Å². The van der Waals surface area contributed by atoms with E-state index < -0.39 is 0 Å². The molecule has 1 aliphatic heterocycles. The van der Waals surface area contributed by atoms with Gasteiger partial charge >= 0.3 is 0 Å². The van der Waals surface area contributed by atoms with Gasteiger partial charge in [-0.05, 0) is 61.6 Å². The minimum Gasteiger partial charge on any atom is -0.508 e. The van der Waals surface area contributed by atoms with E-state index in [1.165, 1.54) is 23.8 Å². The van der Waals surface area contributed by atoms with Crippen molar-refractivity contribution in [3.8, 4) is 5.75 Å². The van der Waals surface area contributed by atoms with Gasteiger partial charge in [-0.2, -0.15) is 0 Å². The predicted octanol–water partition coefficient (Wildman–Crippen LogP) is 6.77. The molecule has 36 heavy (non-hydrogen) atoms. The van der Waals surface area contributed by atoms with Crippen LogP contribution in [-0.4, -0.2) is 42.1 Å². The predicted molar refractivity (Wildman–Crippen MR) is 142 cm³/mol. The lowest BCUT2D eigenvalue weighted by Crippen LogP contribution is -2.41. The van der Waals surface area contributed by atoms with Gasteiger partial charge in [0.15, 0.2) is 6.29 Å². The lowest BCUT2D eigenvalue weighted by atomic mass is 10.0. The van der Waals surface area contributed by atoms with Crippen LogP contribution >= 0.6 is 11.6 Å². The Labute approximate surface area is 217 Å². The fourth-order valence-electron chi connectivity index (χ4n) is 4.39. The SMILES string of the molecule is C[C@H](COC1CCCCO1)N(Cc1ccccc1)C[C@H](Nc1ccc(O)cc1Cl)c1ccc(F)cc1. The molecule has 1 unspecified atom stereocenters. The third kappa shape index (κ3) is 7.68. The summed E-state index contributed by atoms with van der Waals surface area (Å²) in [5, 5.41) is 13.7. The normalized spacial score (nSPS) is 17.6. The van der Waals surface area contributed by atoms with E-state index in [0.717, 1.165) is 38.0 Å². The van der Waals surface area contributed by atoms with Gasteiger partial charge in [-0.3, -0.25) is 4.90 Å². The third-order valence-corrected chi connectivity index (χ3v) is 6.80. The molecule has 3 aromatic rings. The molecule has 0 bridgehead atoms. The molecule has 5 nitrogen and oxygen atoms in total. The Balaban J connectivity index is 1.56. The van der Waals surface area contributed by atoms with E-state index in [1.54, 1.807) is 24.3 Å². The number of benzene rings is 3. The number of hydrogen-bond acceptors (Lipinski definition) is 5. The van der Waals surface area contributed by atoms with E-state index in [-0.39, 0.29) is 29.9 Å². The molecule has 2 N–H and O–H groups in total. The maximum absolute atomic E-state index is 13.7. The minimum atomic E-state index is -0.282. The van der Waals surface area contributed by atoms with Crippen LogP contribution < -0.4 is 5.32 Å². The highest BCUT2D eigenvalue weighted by molar-refractivity contribution is 6.33. The quantitative estimate of drug-likeness (QED) is 0.278. The topological polar surface area (TPSA) is 54.0 Å². The molecule has 0 radical (unpaired) electrons. The summed E-state index contributed by atoms with van der Waals surface area (Å²) in [4.78, 5) is 2.35. The van der Waals surface area contributed by atoms with Crippen LogP contribution in [0.25, 0.3) is 0 Å². The lowest BCUT2D eigenvalue weighted by Gasteiger charge is -2.34. The van der Waals surface area contributed by atoms with Crippen molar-refractivity contribution in [2.75, 3.05) is 25.1 Å². The van der Waals surface area contributed by atoms with E-state index in [1.807, 2.05) is 18.2 Å². The van der Waals surface area contributed by atoms with Gasteiger partial charge < -0.3 is 19.9 Å². The van der Waals surface area contributed by atoms with Gasteiger partial charge in [0.1, 0.15) is 11.6 Å². The number of ether oxygens (including phenoxy) is 2. The summed E-state index contributed by atoms with van der Waals surface area (Å²) in [5.74, 6) is -0.180. The molecular weight excluding hydrogens is 479 g/mol. The number of anilines is 1. The van der Waals surface area contributed by atoms with Gasteiger partial charge in [0, 0.05) is 31.8 Å². The molecule has 7 heteroatoms. The first-order valence-corrected chi connectivity index (χ1v) is 12.9. The first kappa shape index (κ1) is 26.4. The molecule has 1 fully saturated rings. The van der Waals surface area contributed by atoms with Crippen molar-refractivity contribution in [3.05, 3.63) is 94.8 Å². The van der Waals surface area contributed by atoms with Crippen molar-refractivity contribution < 1.29 is 19.0 Å². The highest BCUT2D eigenvalue weighted by Gasteiger charge is 2.24. The van der Waals surface area contributed by atoms with Gasteiger partial charge in [-0.15, -0.1) is 0 Å². The van der Waals surface area contributed by atoms with Crippen LogP contribution in [0.4, 0.5) is 10.1 Å². The van der Waals surface area contributed by atoms with E-state index >= 15 is 0 Å². The number of nitrogens with one attached hydrogen (secondary N) is 1. The maximum Gasteiger partial charge on any atom is 0.157 e. The average Bonchev–Trinajstić information content (AvgIpc) is 2.89. The van der Waals surface area contributed by atoms with E-state index in [4.69, 9.17) is 21.1 Å². The van der Waals surface area contributed by atoms with Crippen LogP contribution in [0.5, 0.6) is 5.75 Å². The summed E-state index contributed by atoms with van der Waals surface area (Å²) in [6.07, 6.45) is 2.98. The molecule has 4 rings (SSSR count). The number of nitrogens with zero attached hydrogens (tertiary/aromatic N) is 1. The Bertz CT molecular complexity index is 1080. The fourth-order valence-corrected chi connectivity index (χ4v) is 4.61. The Morgan fingerprint density at radius 3 is 2.58 bits per heavy atom. The summed E-state index contributed by atoms with van der Waals surface area (Å²) in [5.41, 5.74) is 2.82. The van der Waals surface area contributed by atoms with Crippen LogP contribution in [0.15, 0.2) is 72.8 Å².